The van der Waals surface area contributed by atoms with Crippen LogP contribution < -0.4 is 10.2 Å². The summed E-state index contributed by atoms with van der Waals surface area (Å²) >= 11 is 0. The third kappa shape index (κ3) is 3.23. The van der Waals surface area contributed by atoms with Gasteiger partial charge < -0.3 is 10.2 Å². The van der Waals surface area contributed by atoms with Crippen molar-refractivity contribution >= 4 is 23.2 Å². The molecule has 0 aromatic heterocycles. The number of nitrogens with one attached hydrogen (secondary N) is 1. The molecule has 1 N–H and O–H groups in total. The summed E-state index contributed by atoms with van der Waals surface area (Å²) in [7, 11) is 1.66. The summed E-state index contributed by atoms with van der Waals surface area (Å²) in [5, 5.41) is 2.55. The van der Waals surface area contributed by atoms with Gasteiger partial charge in [-0.2, -0.15) is 0 Å². The molecule has 0 atom stereocenters. The normalized spacial score (nSPS) is 13.5. The average molecular weight is 312 g/mol. The molecular weight excluding hydrogens is 295 g/mol. The van der Waals surface area contributed by atoms with E-state index in [2.05, 4.69) is 5.32 Å². The van der Waals surface area contributed by atoms with E-state index >= 15 is 0 Å². The van der Waals surface area contributed by atoms with Crippen LogP contribution in [-0.2, 0) is 4.79 Å². The minimum atomic E-state index is -0.499. The number of para-hydroxylation sites is 2. The third-order valence-corrected chi connectivity index (χ3v) is 3.89. The first-order valence-electron chi connectivity index (χ1n) is 7.50. The molecule has 0 heterocycles. The molecule has 0 radical (unpaired) electrons. The van der Waals surface area contributed by atoms with Crippen LogP contribution in [0.5, 0.6) is 0 Å². The molecule has 1 saturated carbocycles. The zero-order valence-electron chi connectivity index (χ0n) is 12.8. The van der Waals surface area contributed by atoms with Gasteiger partial charge in [0.2, 0.25) is 5.91 Å². The second kappa shape index (κ2) is 6.20. The van der Waals surface area contributed by atoms with Gasteiger partial charge in [-0.3, -0.25) is 9.59 Å². The van der Waals surface area contributed by atoms with E-state index in [9.17, 15) is 14.0 Å². The first-order valence-corrected chi connectivity index (χ1v) is 7.50. The predicted molar refractivity (Wildman–Crippen MR) is 86.9 cm³/mol. The number of nitrogens with zero attached hydrogens (tertiary/aromatic N) is 1. The fraction of sp³-hybridized carbons (Fsp3) is 0.222. The van der Waals surface area contributed by atoms with E-state index in [1.54, 1.807) is 43.4 Å². The third-order valence-electron chi connectivity index (χ3n) is 3.89. The van der Waals surface area contributed by atoms with Gasteiger partial charge in [-0.05, 0) is 37.1 Å². The quantitative estimate of drug-likeness (QED) is 0.940. The molecule has 5 heteroatoms. The zero-order chi connectivity index (χ0) is 16.4. The summed E-state index contributed by atoms with van der Waals surface area (Å²) < 4.78 is 13.7. The Morgan fingerprint density at radius 3 is 2.43 bits per heavy atom. The van der Waals surface area contributed by atoms with Crippen LogP contribution in [-0.4, -0.2) is 18.9 Å². The molecule has 1 aliphatic carbocycles. The van der Waals surface area contributed by atoms with E-state index < -0.39 is 11.7 Å². The molecule has 0 aliphatic heterocycles. The van der Waals surface area contributed by atoms with Gasteiger partial charge >= 0.3 is 0 Å². The second-order valence-corrected chi connectivity index (χ2v) is 5.62. The van der Waals surface area contributed by atoms with E-state index in [1.807, 2.05) is 0 Å². The van der Waals surface area contributed by atoms with Gasteiger partial charge in [0.1, 0.15) is 5.82 Å². The molecule has 23 heavy (non-hydrogen) atoms. The molecule has 2 aromatic carbocycles. The lowest BCUT2D eigenvalue weighted by molar-refractivity contribution is -0.119. The van der Waals surface area contributed by atoms with E-state index in [4.69, 9.17) is 0 Å². The van der Waals surface area contributed by atoms with Gasteiger partial charge in [-0.25, -0.2) is 4.39 Å². The number of anilines is 2. The van der Waals surface area contributed by atoms with Crippen molar-refractivity contribution in [3.8, 4) is 0 Å². The van der Waals surface area contributed by atoms with E-state index in [1.165, 1.54) is 17.0 Å². The smallest absolute Gasteiger partial charge is 0.257 e. The molecule has 0 saturated heterocycles. The van der Waals surface area contributed by atoms with Crippen LogP contribution in [0.15, 0.2) is 48.5 Å². The predicted octanol–water partition coefficient (Wildman–Crippen LogP) is 3.45. The minimum absolute atomic E-state index is 0.0103. The first-order chi connectivity index (χ1) is 11.1. The Bertz CT molecular complexity index is 756. The number of rotatable bonds is 4. The summed E-state index contributed by atoms with van der Waals surface area (Å²) in [5.41, 5.74) is 0.981. The molecule has 2 aromatic rings. The van der Waals surface area contributed by atoms with Crippen molar-refractivity contribution < 1.29 is 14.0 Å². The Morgan fingerprint density at radius 2 is 1.74 bits per heavy atom. The van der Waals surface area contributed by atoms with Crippen molar-refractivity contribution in [2.24, 2.45) is 5.92 Å². The molecule has 1 aliphatic rings. The lowest BCUT2D eigenvalue weighted by Gasteiger charge is -2.20. The minimum Gasteiger partial charge on any atom is -0.319 e. The van der Waals surface area contributed by atoms with Gasteiger partial charge in [0, 0.05) is 13.0 Å². The molecule has 2 amide bonds. The lowest BCUT2D eigenvalue weighted by atomic mass is 10.1. The van der Waals surface area contributed by atoms with Crippen LogP contribution >= 0.6 is 0 Å². The molecule has 3 rings (SSSR count). The van der Waals surface area contributed by atoms with Crippen molar-refractivity contribution in [2.45, 2.75) is 12.8 Å². The Morgan fingerprint density at radius 1 is 1.09 bits per heavy atom. The summed E-state index contributed by atoms with van der Waals surface area (Å²) in [6.45, 7) is 0. The first kappa shape index (κ1) is 15.2. The Labute approximate surface area is 133 Å². The van der Waals surface area contributed by atoms with Gasteiger partial charge in [-0.1, -0.05) is 24.3 Å². The molecule has 118 valence electrons. The highest BCUT2D eigenvalue weighted by molar-refractivity contribution is 6.10. The van der Waals surface area contributed by atoms with Crippen LogP contribution in [0.1, 0.15) is 23.2 Å². The number of benzene rings is 2. The van der Waals surface area contributed by atoms with Crippen LogP contribution in [0.2, 0.25) is 0 Å². The zero-order valence-corrected chi connectivity index (χ0v) is 12.8. The van der Waals surface area contributed by atoms with Crippen LogP contribution in [0.4, 0.5) is 15.8 Å². The van der Waals surface area contributed by atoms with Crippen LogP contribution in [0, 0.1) is 11.7 Å². The van der Waals surface area contributed by atoms with Crippen molar-refractivity contribution in [3.05, 3.63) is 59.9 Å². The number of carbonyl (C=O) groups excluding carboxylic acids is 2. The molecule has 0 spiro atoms. The van der Waals surface area contributed by atoms with E-state index in [0.29, 0.717) is 11.3 Å². The molecule has 0 bridgehead atoms. The Hall–Kier alpha value is -2.69. The topological polar surface area (TPSA) is 49.4 Å². The van der Waals surface area contributed by atoms with Crippen molar-refractivity contribution in [1.29, 1.82) is 0 Å². The standard InChI is InChI=1S/C18H17FN2O2/c1-21(18(23)12-10-11-12)16-9-5-2-6-13(16)17(22)20-15-8-4-3-7-14(15)19/h2-9,12H,10-11H2,1H3,(H,20,22). The van der Waals surface area contributed by atoms with Crippen LogP contribution in [0.25, 0.3) is 0 Å². The van der Waals surface area contributed by atoms with Crippen molar-refractivity contribution in [2.75, 3.05) is 17.3 Å². The summed E-state index contributed by atoms with van der Waals surface area (Å²) in [6, 6.07) is 12.8. The summed E-state index contributed by atoms with van der Waals surface area (Å²) in [4.78, 5) is 26.2. The maximum atomic E-state index is 13.7. The second-order valence-electron chi connectivity index (χ2n) is 5.62. The van der Waals surface area contributed by atoms with Crippen molar-refractivity contribution in [3.63, 3.8) is 0 Å². The van der Waals surface area contributed by atoms with E-state index in [0.717, 1.165) is 12.8 Å². The van der Waals surface area contributed by atoms with Gasteiger partial charge in [-0.15, -0.1) is 0 Å². The van der Waals surface area contributed by atoms with E-state index in [-0.39, 0.29) is 17.5 Å². The monoisotopic (exact) mass is 312 g/mol. The fourth-order valence-corrected chi connectivity index (χ4v) is 2.43. The Kier molecular flexibility index (Phi) is 4.10. The van der Waals surface area contributed by atoms with Gasteiger partial charge in [0.15, 0.2) is 0 Å². The SMILES string of the molecule is CN(C(=O)C1CC1)c1ccccc1C(=O)Nc1ccccc1F. The molecule has 0 unspecified atom stereocenters. The molecule has 1 fully saturated rings. The summed E-state index contributed by atoms with van der Waals surface area (Å²) in [5.74, 6) is -0.874. The van der Waals surface area contributed by atoms with Crippen molar-refractivity contribution in [1.82, 2.24) is 0 Å². The largest absolute Gasteiger partial charge is 0.319 e. The molecular formula is C18H17FN2O2. The number of amides is 2. The van der Waals surface area contributed by atoms with Gasteiger partial charge in [0.25, 0.3) is 5.91 Å². The van der Waals surface area contributed by atoms with Crippen LogP contribution in [0.3, 0.4) is 0 Å². The van der Waals surface area contributed by atoms with Gasteiger partial charge in [0.05, 0.1) is 16.9 Å². The fourth-order valence-electron chi connectivity index (χ4n) is 2.43. The Balaban J connectivity index is 1.86. The highest BCUT2D eigenvalue weighted by Crippen LogP contribution is 2.33. The maximum Gasteiger partial charge on any atom is 0.257 e. The number of halogens is 1. The highest BCUT2D eigenvalue weighted by atomic mass is 19.1. The molecule has 4 nitrogen and oxygen atoms in total. The summed E-state index contributed by atoms with van der Waals surface area (Å²) in [6.07, 6.45) is 1.79. The highest BCUT2D eigenvalue weighted by Gasteiger charge is 2.33. The lowest BCUT2D eigenvalue weighted by Crippen LogP contribution is -2.30. The number of hydrogen-bond acceptors (Lipinski definition) is 2. The number of hydrogen-bond donors (Lipinski definition) is 1. The maximum absolute atomic E-state index is 13.7. The number of carbonyl (C=O) groups is 2. The average Bonchev–Trinajstić information content (AvgIpc) is 3.40.